The van der Waals surface area contributed by atoms with E-state index < -0.39 is 12.0 Å². The normalized spacial score (nSPS) is 21.3. The largest absolute Gasteiger partial charge is 0.480 e. The highest BCUT2D eigenvalue weighted by molar-refractivity contribution is 7.99. The third-order valence-corrected chi connectivity index (χ3v) is 4.99. The number of hydrogen-bond donors (Lipinski definition) is 2. The molecule has 3 rings (SSSR count). The number of carbonyl (C=O) groups is 2. The van der Waals surface area contributed by atoms with Gasteiger partial charge in [-0.05, 0) is 36.6 Å². The molecule has 2 aliphatic heterocycles. The molecule has 21 heavy (non-hydrogen) atoms. The fourth-order valence-corrected chi connectivity index (χ4v) is 3.86. The standard InChI is InChI=1S/C15H18N2O3S/c18-14(17-6-7-21-9-13(17)15(19)20)11-3-4-12-10(8-11)2-1-5-16-12/h3-4,8,13,16H,1-2,5-7,9H2,(H,19,20). The number of carbonyl (C=O) groups excluding carboxylic acids is 1. The van der Waals surface area contributed by atoms with E-state index in [1.54, 1.807) is 17.8 Å². The zero-order valence-electron chi connectivity index (χ0n) is 11.7. The number of nitrogens with one attached hydrogen (secondary N) is 1. The molecule has 2 heterocycles. The summed E-state index contributed by atoms with van der Waals surface area (Å²) >= 11 is 1.59. The SMILES string of the molecule is O=C(O)C1CSCCN1C(=O)c1ccc2c(c1)CCCN2. The van der Waals surface area contributed by atoms with E-state index in [2.05, 4.69) is 5.32 Å². The molecular weight excluding hydrogens is 288 g/mol. The Labute approximate surface area is 127 Å². The smallest absolute Gasteiger partial charge is 0.327 e. The molecular formula is C15H18N2O3S. The van der Waals surface area contributed by atoms with Gasteiger partial charge in [0.1, 0.15) is 6.04 Å². The average Bonchev–Trinajstić information content (AvgIpc) is 2.53. The van der Waals surface area contributed by atoms with Crippen LogP contribution < -0.4 is 5.32 Å². The molecule has 1 aromatic rings. The summed E-state index contributed by atoms with van der Waals surface area (Å²) in [6, 6.07) is 4.91. The zero-order valence-corrected chi connectivity index (χ0v) is 12.5. The number of carboxylic acids is 1. The summed E-state index contributed by atoms with van der Waals surface area (Å²) in [7, 11) is 0. The van der Waals surface area contributed by atoms with Crippen molar-refractivity contribution >= 4 is 29.3 Å². The predicted molar refractivity (Wildman–Crippen MR) is 83.0 cm³/mol. The van der Waals surface area contributed by atoms with Crippen LogP contribution in [0.4, 0.5) is 5.69 Å². The summed E-state index contributed by atoms with van der Waals surface area (Å²) < 4.78 is 0. The van der Waals surface area contributed by atoms with Gasteiger partial charge in [-0.15, -0.1) is 0 Å². The number of benzene rings is 1. The van der Waals surface area contributed by atoms with Crippen molar-refractivity contribution in [2.24, 2.45) is 0 Å². The van der Waals surface area contributed by atoms with Crippen molar-refractivity contribution < 1.29 is 14.7 Å². The van der Waals surface area contributed by atoms with E-state index in [-0.39, 0.29) is 5.91 Å². The summed E-state index contributed by atoms with van der Waals surface area (Å²) in [5.74, 6) is 0.168. The highest BCUT2D eigenvalue weighted by Gasteiger charge is 2.33. The van der Waals surface area contributed by atoms with Crippen molar-refractivity contribution in [3.63, 3.8) is 0 Å². The van der Waals surface area contributed by atoms with Gasteiger partial charge in [-0.3, -0.25) is 4.79 Å². The van der Waals surface area contributed by atoms with Crippen LogP contribution in [0.2, 0.25) is 0 Å². The first kappa shape index (κ1) is 14.3. The van der Waals surface area contributed by atoms with Gasteiger partial charge in [0.2, 0.25) is 0 Å². The second-order valence-corrected chi connectivity index (χ2v) is 6.48. The lowest BCUT2D eigenvalue weighted by atomic mass is 10.00. The Bertz CT molecular complexity index is 576. The minimum atomic E-state index is -0.921. The predicted octanol–water partition coefficient (Wildman–Crippen LogP) is 1.69. The topological polar surface area (TPSA) is 69.6 Å². The Balaban J connectivity index is 1.85. The number of anilines is 1. The lowest BCUT2D eigenvalue weighted by Crippen LogP contribution is -2.50. The molecule has 2 N–H and O–H groups in total. The van der Waals surface area contributed by atoms with E-state index in [1.165, 1.54) is 4.90 Å². The van der Waals surface area contributed by atoms with Crippen LogP contribution >= 0.6 is 11.8 Å². The molecule has 0 spiro atoms. The summed E-state index contributed by atoms with van der Waals surface area (Å²) in [6.07, 6.45) is 2.02. The van der Waals surface area contributed by atoms with Crippen LogP contribution in [-0.4, -0.2) is 52.5 Å². The maximum Gasteiger partial charge on any atom is 0.327 e. The summed E-state index contributed by atoms with van der Waals surface area (Å²) in [6.45, 7) is 1.46. The molecule has 2 aliphatic rings. The lowest BCUT2D eigenvalue weighted by molar-refractivity contribution is -0.141. The van der Waals surface area contributed by atoms with Crippen molar-refractivity contribution in [3.8, 4) is 0 Å². The van der Waals surface area contributed by atoms with Crippen LogP contribution in [0.15, 0.2) is 18.2 Å². The van der Waals surface area contributed by atoms with Gasteiger partial charge in [-0.25, -0.2) is 4.79 Å². The van der Waals surface area contributed by atoms with Crippen LogP contribution in [-0.2, 0) is 11.2 Å². The van der Waals surface area contributed by atoms with E-state index >= 15 is 0 Å². The minimum Gasteiger partial charge on any atom is -0.480 e. The molecule has 5 nitrogen and oxygen atoms in total. The molecule has 1 atom stereocenters. The first-order chi connectivity index (χ1) is 10.2. The van der Waals surface area contributed by atoms with E-state index in [0.717, 1.165) is 36.4 Å². The van der Waals surface area contributed by atoms with Crippen molar-refractivity contribution in [3.05, 3.63) is 29.3 Å². The molecule has 0 saturated carbocycles. The molecule has 0 bridgehead atoms. The number of hydrogen-bond acceptors (Lipinski definition) is 4. The van der Waals surface area contributed by atoms with Crippen molar-refractivity contribution in [1.82, 2.24) is 4.90 Å². The molecule has 1 unspecified atom stereocenters. The van der Waals surface area contributed by atoms with Gasteiger partial charge < -0.3 is 15.3 Å². The fourth-order valence-electron chi connectivity index (χ4n) is 2.83. The van der Waals surface area contributed by atoms with Gasteiger partial charge in [0.25, 0.3) is 5.91 Å². The van der Waals surface area contributed by atoms with Crippen LogP contribution in [0.1, 0.15) is 22.3 Å². The molecule has 1 saturated heterocycles. The van der Waals surface area contributed by atoms with Crippen LogP contribution in [0.3, 0.4) is 0 Å². The molecule has 0 radical (unpaired) electrons. The Morgan fingerprint density at radius 1 is 1.38 bits per heavy atom. The van der Waals surface area contributed by atoms with E-state index in [9.17, 15) is 14.7 Å². The van der Waals surface area contributed by atoms with Gasteiger partial charge >= 0.3 is 5.97 Å². The monoisotopic (exact) mass is 306 g/mol. The van der Waals surface area contributed by atoms with E-state index in [4.69, 9.17) is 0 Å². The number of rotatable bonds is 2. The Morgan fingerprint density at radius 3 is 3.05 bits per heavy atom. The van der Waals surface area contributed by atoms with Crippen molar-refractivity contribution in [2.45, 2.75) is 18.9 Å². The van der Waals surface area contributed by atoms with E-state index in [0.29, 0.717) is 17.9 Å². The van der Waals surface area contributed by atoms with Gasteiger partial charge in [-0.2, -0.15) is 11.8 Å². The molecule has 0 aliphatic carbocycles. The van der Waals surface area contributed by atoms with Gasteiger partial charge in [0.15, 0.2) is 0 Å². The maximum absolute atomic E-state index is 12.6. The molecule has 0 aromatic heterocycles. The molecule has 1 aromatic carbocycles. The number of aryl methyl sites for hydroxylation is 1. The van der Waals surface area contributed by atoms with Crippen LogP contribution in [0.25, 0.3) is 0 Å². The van der Waals surface area contributed by atoms with Gasteiger partial charge in [0, 0.05) is 35.8 Å². The highest BCUT2D eigenvalue weighted by atomic mass is 32.2. The summed E-state index contributed by atoms with van der Waals surface area (Å²) in [4.78, 5) is 25.4. The summed E-state index contributed by atoms with van der Waals surface area (Å²) in [5.41, 5.74) is 2.82. The number of carboxylic acid groups (broad SMARTS) is 1. The zero-order chi connectivity index (χ0) is 14.8. The Kier molecular flexibility index (Phi) is 4.05. The van der Waals surface area contributed by atoms with Crippen LogP contribution in [0, 0.1) is 0 Å². The summed E-state index contributed by atoms with van der Waals surface area (Å²) in [5, 5.41) is 12.6. The molecule has 112 valence electrons. The third kappa shape index (κ3) is 2.85. The van der Waals surface area contributed by atoms with Gasteiger partial charge in [-0.1, -0.05) is 0 Å². The second-order valence-electron chi connectivity index (χ2n) is 5.33. The molecule has 6 heteroatoms. The van der Waals surface area contributed by atoms with Gasteiger partial charge in [0.05, 0.1) is 0 Å². The number of amides is 1. The lowest BCUT2D eigenvalue weighted by Gasteiger charge is -2.33. The maximum atomic E-state index is 12.6. The quantitative estimate of drug-likeness (QED) is 0.870. The number of thioether (sulfide) groups is 1. The number of nitrogens with zero attached hydrogens (tertiary/aromatic N) is 1. The second kappa shape index (κ2) is 5.97. The first-order valence-corrected chi connectivity index (χ1v) is 8.30. The highest BCUT2D eigenvalue weighted by Crippen LogP contribution is 2.25. The molecule has 1 amide bonds. The average molecular weight is 306 g/mol. The first-order valence-electron chi connectivity index (χ1n) is 7.15. The molecule has 1 fully saturated rings. The fraction of sp³-hybridized carbons (Fsp3) is 0.467. The third-order valence-electron chi connectivity index (χ3n) is 3.96. The Hall–Kier alpha value is -1.69. The number of aliphatic carboxylic acids is 1. The number of fused-ring (bicyclic) bond motifs is 1. The minimum absolute atomic E-state index is 0.170. The van der Waals surface area contributed by atoms with Crippen LogP contribution in [0.5, 0.6) is 0 Å². The Morgan fingerprint density at radius 2 is 2.24 bits per heavy atom. The van der Waals surface area contributed by atoms with Crippen molar-refractivity contribution in [2.75, 3.05) is 29.9 Å². The van der Waals surface area contributed by atoms with E-state index in [1.807, 2.05) is 12.1 Å². The van der Waals surface area contributed by atoms with Crippen molar-refractivity contribution in [1.29, 1.82) is 0 Å².